The number of benzene rings is 1. The van der Waals surface area contributed by atoms with E-state index in [0.717, 1.165) is 25.6 Å². The Hall–Kier alpha value is -0.860. The maximum atomic E-state index is 3.53. The standard InChI is InChI=1S/C15H24N2/c1-13-4-3-5-15(10-13)12-17(2)9-8-16-11-14-6-7-14/h3-5,10,14,16H,6-9,11-12H2,1-2H3. The van der Waals surface area contributed by atoms with Gasteiger partial charge in [-0.05, 0) is 44.8 Å². The van der Waals surface area contributed by atoms with Gasteiger partial charge in [0.05, 0.1) is 0 Å². The van der Waals surface area contributed by atoms with E-state index in [2.05, 4.69) is 48.5 Å². The normalized spacial score (nSPS) is 15.5. The van der Waals surface area contributed by atoms with E-state index in [1.165, 1.54) is 30.5 Å². The maximum Gasteiger partial charge on any atom is 0.0231 e. The predicted octanol–water partition coefficient (Wildman–Crippen LogP) is 2.43. The summed E-state index contributed by atoms with van der Waals surface area (Å²) in [5, 5.41) is 3.53. The van der Waals surface area contributed by atoms with Crippen LogP contribution in [0.4, 0.5) is 0 Å². The number of nitrogens with zero attached hydrogens (tertiary/aromatic N) is 1. The summed E-state index contributed by atoms with van der Waals surface area (Å²) < 4.78 is 0. The molecule has 1 N–H and O–H groups in total. The number of hydrogen-bond donors (Lipinski definition) is 1. The van der Waals surface area contributed by atoms with Gasteiger partial charge in [-0.2, -0.15) is 0 Å². The van der Waals surface area contributed by atoms with E-state index in [1.807, 2.05) is 0 Å². The van der Waals surface area contributed by atoms with E-state index >= 15 is 0 Å². The Kier molecular flexibility index (Phi) is 4.57. The van der Waals surface area contributed by atoms with E-state index in [4.69, 9.17) is 0 Å². The first-order valence-electron chi connectivity index (χ1n) is 6.69. The van der Waals surface area contributed by atoms with Gasteiger partial charge in [0.15, 0.2) is 0 Å². The third-order valence-corrected chi connectivity index (χ3v) is 3.34. The fraction of sp³-hybridized carbons (Fsp3) is 0.600. The molecule has 1 aliphatic rings. The Balaban J connectivity index is 1.63. The summed E-state index contributed by atoms with van der Waals surface area (Å²) in [7, 11) is 2.20. The number of rotatable bonds is 7. The van der Waals surface area contributed by atoms with Crippen LogP contribution in [0.5, 0.6) is 0 Å². The summed E-state index contributed by atoms with van der Waals surface area (Å²) in [6.07, 6.45) is 2.87. The van der Waals surface area contributed by atoms with Crippen molar-refractivity contribution in [2.24, 2.45) is 5.92 Å². The van der Waals surface area contributed by atoms with Crippen molar-refractivity contribution in [2.45, 2.75) is 26.3 Å². The van der Waals surface area contributed by atoms with Crippen molar-refractivity contribution in [3.8, 4) is 0 Å². The van der Waals surface area contributed by atoms with Crippen LogP contribution in [0.15, 0.2) is 24.3 Å². The monoisotopic (exact) mass is 232 g/mol. The number of likely N-dealkylation sites (N-methyl/N-ethyl adjacent to an activating group) is 1. The molecule has 1 aliphatic carbocycles. The summed E-state index contributed by atoms with van der Waals surface area (Å²) >= 11 is 0. The van der Waals surface area contributed by atoms with E-state index in [-0.39, 0.29) is 0 Å². The van der Waals surface area contributed by atoms with Crippen molar-refractivity contribution >= 4 is 0 Å². The van der Waals surface area contributed by atoms with E-state index in [9.17, 15) is 0 Å². The van der Waals surface area contributed by atoms with E-state index in [0.29, 0.717) is 0 Å². The molecule has 1 aromatic carbocycles. The molecular formula is C15H24N2. The molecule has 17 heavy (non-hydrogen) atoms. The fourth-order valence-electron chi connectivity index (χ4n) is 2.10. The molecule has 1 fully saturated rings. The van der Waals surface area contributed by atoms with Crippen molar-refractivity contribution < 1.29 is 0 Å². The lowest BCUT2D eigenvalue weighted by atomic mass is 10.1. The van der Waals surface area contributed by atoms with Gasteiger partial charge in [0, 0.05) is 19.6 Å². The second-order valence-corrected chi connectivity index (χ2v) is 5.37. The average molecular weight is 232 g/mol. The predicted molar refractivity (Wildman–Crippen MR) is 73.1 cm³/mol. The van der Waals surface area contributed by atoms with Gasteiger partial charge < -0.3 is 10.2 Å². The smallest absolute Gasteiger partial charge is 0.0231 e. The minimum Gasteiger partial charge on any atom is -0.315 e. The molecule has 0 amide bonds. The SMILES string of the molecule is Cc1cccc(CN(C)CCNCC2CC2)c1. The third kappa shape index (κ3) is 4.88. The van der Waals surface area contributed by atoms with Crippen molar-refractivity contribution in [2.75, 3.05) is 26.7 Å². The van der Waals surface area contributed by atoms with Crippen LogP contribution in [0.3, 0.4) is 0 Å². The Labute approximate surface area is 105 Å². The molecule has 0 unspecified atom stereocenters. The summed E-state index contributed by atoms with van der Waals surface area (Å²) in [5.74, 6) is 0.983. The molecule has 2 heteroatoms. The van der Waals surface area contributed by atoms with Gasteiger partial charge in [-0.1, -0.05) is 29.8 Å². The molecule has 1 aromatic rings. The van der Waals surface area contributed by atoms with Crippen molar-refractivity contribution in [1.82, 2.24) is 10.2 Å². The van der Waals surface area contributed by atoms with Crippen LogP contribution in [0.1, 0.15) is 24.0 Å². The third-order valence-electron chi connectivity index (χ3n) is 3.34. The van der Waals surface area contributed by atoms with Crippen LogP contribution in [0.25, 0.3) is 0 Å². The van der Waals surface area contributed by atoms with Gasteiger partial charge in [0.1, 0.15) is 0 Å². The minimum atomic E-state index is 0.983. The molecule has 0 atom stereocenters. The zero-order valence-electron chi connectivity index (χ0n) is 11.1. The molecule has 0 aromatic heterocycles. The first-order valence-corrected chi connectivity index (χ1v) is 6.69. The lowest BCUT2D eigenvalue weighted by Gasteiger charge is -2.17. The van der Waals surface area contributed by atoms with Gasteiger partial charge in [-0.15, -0.1) is 0 Å². The quantitative estimate of drug-likeness (QED) is 0.726. The van der Waals surface area contributed by atoms with Crippen LogP contribution in [0, 0.1) is 12.8 Å². The molecule has 0 saturated heterocycles. The highest BCUT2D eigenvalue weighted by Gasteiger charge is 2.19. The first kappa shape index (κ1) is 12.6. The number of nitrogens with one attached hydrogen (secondary N) is 1. The molecule has 0 radical (unpaired) electrons. The summed E-state index contributed by atoms with van der Waals surface area (Å²) in [6.45, 7) is 6.66. The van der Waals surface area contributed by atoms with Crippen LogP contribution >= 0.6 is 0 Å². The molecule has 2 rings (SSSR count). The van der Waals surface area contributed by atoms with Gasteiger partial charge >= 0.3 is 0 Å². The van der Waals surface area contributed by atoms with E-state index < -0.39 is 0 Å². The highest BCUT2D eigenvalue weighted by molar-refractivity contribution is 5.21. The van der Waals surface area contributed by atoms with Crippen molar-refractivity contribution in [1.29, 1.82) is 0 Å². The second-order valence-electron chi connectivity index (χ2n) is 5.37. The van der Waals surface area contributed by atoms with Gasteiger partial charge in [0.2, 0.25) is 0 Å². The Bertz CT molecular complexity index is 345. The fourth-order valence-corrected chi connectivity index (χ4v) is 2.10. The van der Waals surface area contributed by atoms with Crippen LogP contribution < -0.4 is 5.32 Å². The molecular weight excluding hydrogens is 208 g/mol. The maximum absolute atomic E-state index is 3.53. The summed E-state index contributed by atoms with van der Waals surface area (Å²) in [6, 6.07) is 8.78. The van der Waals surface area contributed by atoms with E-state index in [1.54, 1.807) is 0 Å². The number of aryl methyl sites for hydroxylation is 1. The van der Waals surface area contributed by atoms with Gasteiger partial charge in [-0.3, -0.25) is 0 Å². The van der Waals surface area contributed by atoms with Crippen molar-refractivity contribution in [3.63, 3.8) is 0 Å². The van der Waals surface area contributed by atoms with Crippen LogP contribution in [0.2, 0.25) is 0 Å². The average Bonchev–Trinajstić information content (AvgIpc) is 3.08. The highest BCUT2D eigenvalue weighted by Crippen LogP contribution is 2.27. The summed E-state index contributed by atoms with van der Waals surface area (Å²) in [4.78, 5) is 2.38. The molecule has 94 valence electrons. The number of hydrogen-bond acceptors (Lipinski definition) is 2. The second kappa shape index (κ2) is 6.18. The zero-order chi connectivity index (χ0) is 12.1. The largest absolute Gasteiger partial charge is 0.315 e. The first-order chi connectivity index (χ1) is 8.24. The lowest BCUT2D eigenvalue weighted by Crippen LogP contribution is -2.30. The van der Waals surface area contributed by atoms with Crippen LogP contribution in [-0.2, 0) is 6.54 Å². The minimum absolute atomic E-state index is 0.983. The topological polar surface area (TPSA) is 15.3 Å². The molecule has 0 bridgehead atoms. The Morgan fingerprint density at radius 2 is 2.18 bits per heavy atom. The van der Waals surface area contributed by atoms with Gasteiger partial charge in [0.25, 0.3) is 0 Å². The zero-order valence-corrected chi connectivity index (χ0v) is 11.1. The summed E-state index contributed by atoms with van der Waals surface area (Å²) in [5.41, 5.74) is 2.76. The Morgan fingerprint density at radius 1 is 1.35 bits per heavy atom. The van der Waals surface area contributed by atoms with Crippen LogP contribution in [-0.4, -0.2) is 31.6 Å². The Morgan fingerprint density at radius 3 is 2.88 bits per heavy atom. The molecule has 2 nitrogen and oxygen atoms in total. The lowest BCUT2D eigenvalue weighted by molar-refractivity contribution is 0.323. The molecule has 0 aliphatic heterocycles. The molecule has 0 heterocycles. The van der Waals surface area contributed by atoms with Gasteiger partial charge in [-0.25, -0.2) is 0 Å². The highest BCUT2D eigenvalue weighted by atomic mass is 15.1. The molecule has 0 spiro atoms. The molecule has 1 saturated carbocycles. The van der Waals surface area contributed by atoms with Crippen molar-refractivity contribution in [3.05, 3.63) is 35.4 Å².